The number of methoxy groups -OCH3 is 1. The molecule has 0 unspecified atom stereocenters. The van der Waals surface area contributed by atoms with E-state index in [1.165, 1.54) is 12.8 Å². The first-order valence-electron chi connectivity index (χ1n) is 10.4. The number of aromatic nitrogens is 2. The highest BCUT2D eigenvalue weighted by molar-refractivity contribution is 6.05. The van der Waals surface area contributed by atoms with Gasteiger partial charge in [0, 0.05) is 29.7 Å². The van der Waals surface area contributed by atoms with E-state index in [-0.39, 0.29) is 18.4 Å². The number of nitrogens with one attached hydrogen (secondary N) is 2. The van der Waals surface area contributed by atoms with Gasteiger partial charge in [-0.3, -0.25) is 9.59 Å². The molecule has 3 aromatic rings. The molecule has 2 aliphatic rings. The second kappa shape index (κ2) is 7.48. The van der Waals surface area contributed by atoms with Gasteiger partial charge in [0.15, 0.2) is 0 Å². The fraction of sp³-hybridized carbons (Fsp3) is 0.348. The van der Waals surface area contributed by atoms with Crippen molar-refractivity contribution in [1.29, 1.82) is 0 Å². The third kappa shape index (κ3) is 3.10. The quantitative estimate of drug-likeness (QED) is 0.682. The Morgan fingerprint density at radius 1 is 1.30 bits per heavy atom. The summed E-state index contributed by atoms with van der Waals surface area (Å²) in [6, 6.07) is 9.67. The Bertz CT molecular complexity index is 1130. The number of ether oxygens (including phenoxy) is 1. The van der Waals surface area contributed by atoms with Crippen LogP contribution in [0.3, 0.4) is 0 Å². The second-order valence-electron chi connectivity index (χ2n) is 7.95. The summed E-state index contributed by atoms with van der Waals surface area (Å²) < 4.78 is 5.46. The van der Waals surface area contributed by atoms with Gasteiger partial charge in [-0.2, -0.15) is 0 Å². The lowest BCUT2D eigenvalue weighted by molar-refractivity contribution is 0.0706. The molecule has 1 fully saturated rings. The van der Waals surface area contributed by atoms with Crippen molar-refractivity contribution in [2.75, 3.05) is 7.11 Å². The van der Waals surface area contributed by atoms with Crippen LogP contribution < -0.4 is 10.1 Å². The molecule has 2 N–H and O–H groups in total. The van der Waals surface area contributed by atoms with Gasteiger partial charge in [-0.1, -0.05) is 25.0 Å². The molecule has 0 radical (unpaired) electrons. The molecule has 7 heteroatoms. The van der Waals surface area contributed by atoms with E-state index in [0.717, 1.165) is 29.4 Å². The van der Waals surface area contributed by atoms with Crippen molar-refractivity contribution in [2.45, 2.75) is 44.8 Å². The van der Waals surface area contributed by atoms with Crippen molar-refractivity contribution in [1.82, 2.24) is 20.2 Å². The smallest absolute Gasteiger partial charge is 0.256 e. The molecular weight excluding hydrogens is 380 g/mol. The Morgan fingerprint density at radius 3 is 2.93 bits per heavy atom. The predicted octanol–water partition coefficient (Wildman–Crippen LogP) is 3.40. The predicted molar refractivity (Wildman–Crippen MR) is 112 cm³/mol. The largest absolute Gasteiger partial charge is 0.481 e. The van der Waals surface area contributed by atoms with Crippen molar-refractivity contribution < 1.29 is 14.3 Å². The Hall–Kier alpha value is -3.35. The monoisotopic (exact) mass is 404 g/mol. The zero-order valence-corrected chi connectivity index (χ0v) is 16.9. The second-order valence-corrected chi connectivity index (χ2v) is 7.95. The summed E-state index contributed by atoms with van der Waals surface area (Å²) in [5.74, 6) is 0.300. The highest BCUT2D eigenvalue weighted by atomic mass is 16.5. The van der Waals surface area contributed by atoms with Gasteiger partial charge in [0.2, 0.25) is 5.88 Å². The molecule has 2 aromatic heterocycles. The summed E-state index contributed by atoms with van der Waals surface area (Å²) in [4.78, 5) is 35.4. The van der Waals surface area contributed by atoms with Crippen LogP contribution in [0.4, 0.5) is 0 Å². The fourth-order valence-electron chi connectivity index (χ4n) is 4.63. The van der Waals surface area contributed by atoms with Crippen LogP contribution in [0.25, 0.3) is 10.9 Å². The van der Waals surface area contributed by atoms with E-state index >= 15 is 0 Å². The van der Waals surface area contributed by atoms with Gasteiger partial charge in [-0.25, -0.2) is 4.98 Å². The van der Waals surface area contributed by atoms with Crippen LogP contribution >= 0.6 is 0 Å². The minimum absolute atomic E-state index is 0.0378. The summed E-state index contributed by atoms with van der Waals surface area (Å²) >= 11 is 0. The maximum atomic E-state index is 13.0. The summed E-state index contributed by atoms with van der Waals surface area (Å²) in [5, 5.41) is 3.92. The number of hydrogen-bond donors (Lipinski definition) is 2. The van der Waals surface area contributed by atoms with Gasteiger partial charge in [-0.15, -0.1) is 0 Å². The van der Waals surface area contributed by atoms with E-state index in [1.807, 2.05) is 35.4 Å². The van der Waals surface area contributed by atoms with Gasteiger partial charge in [0.05, 0.1) is 36.0 Å². The first-order valence-corrected chi connectivity index (χ1v) is 10.4. The number of aromatic amines is 1. The van der Waals surface area contributed by atoms with Crippen LogP contribution in [0.5, 0.6) is 5.88 Å². The first kappa shape index (κ1) is 18.7. The standard InChI is InChI=1S/C23H24N4O3/c1-30-22-15(12-25-21(28)17-8-4-5-14-9-10-24-20(14)17)11-18-19(26-22)13-27(23(18)29)16-6-2-3-7-16/h4-5,8-11,16,24H,2-3,6-7,12-13H2,1H3,(H,25,28). The van der Waals surface area contributed by atoms with E-state index < -0.39 is 0 Å². The molecule has 1 aromatic carbocycles. The van der Waals surface area contributed by atoms with Crippen molar-refractivity contribution in [2.24, 2.45) is 0 Å². The number of benzene rings is 1. The summed E-state index contributed by atoms with van der Waals surface area (Å²) in [5.41, 5.74) is 3.46. The Morgan fingerprint density at radius 2 is 2.13 bits per heavy atom. The Labute approximate surface area is 174 Å². The number of carbonyl (C=O) groups is 2. The molecule has 5 rings (SSSR count). The van der Waals surface area contributed by atoms with E-state index in [4.69, 9.17) is 4.74 Å². The van der Waals surface area contributed by atoms with Crippen LogP contribution in [-0.2, 0) is 13.1 Å². The van der Waals surface area contributed by atoms with Gasteiger partial charge in [-0.05, 0) is 31.0 Å². The number of nitrogens with zero attached hydrogens (tertiary/aromatic N) is 2. The summed E-state index contributed by atoms with van der Waals surface area (Å²) in [6.45, 7) is 0.771. The molecule has 1 saturated carbocycles. The molecule has 3 heterocycles. The number of para-hydroxylation sites is 1. The number of H-pyrrole nitrogens is 1. The van der Waals surface area contributed by atoms with Gasteiger partial charge in [0.1, 0.15) is 0 Å². The molecule has 1 aliphatic carbocycles. The normalized spacial score (nSPS) is 16.3. The van der Waals surface area contributed by atoms with E-state index in [2.05, 4.69) is 15.3 Å². The van der Waals surface area contributed by atoms with Crippen molar-refractivity contribution in [3.05, 3.63) is 58.9 Å². The highest BCUT2D eigenvalue weighted by Gasteiger charge is 2.36. The summed E-state index contributed by atoms with van der Waals surface area (Å²) in [6.07, 6.45) is 6.28. The Balaban J connectivity index is 1.37. The molecule has 0 saturated heterocycles. The van der Waals surface area contributed by atoms with Crippen LogP contribution in [0.1, 0.15) is 57.7 Å². The molecule has 0 spiro atoms. The number of pyridine rings is 1. The maximum Gasteiger partial charge on any atom is 0.256 e. The van der Waals surface area contributed by atoms with E-state index in [1.54, 1.807) is 13.2 Å². The maximum absolute atomic E-state index is 13.0. The lowest BCUT2D eigenvalue weighted by Crippen LogP contribution is -2.33. The topological polar surface area (TPSA) is 87.3 Å². The molecular formula is C23H24N4O3. The molecule has 154 valence electrons. The number of hydrogen-bond acceptors (Lipinski definition) is 4. The van der Waals surface area contributed by atoms with Gasteiger partial charge < -0.3 is 19.9 Å². The molecule has 0 atom stereocenters. The molecule has 7 nitrogen and oxygen atoms in total. The van der Waals surface area contributed by atoms with Gasteiger partial charge >= 0.3 is 0 Å². The molecule has 2 amide bonds. The van der Waals surface area contributed by atoms with Crippen molar-refractivity contribution >= 4 is 22.7 Å². The lowest BCUT2D eigenvalue weighted by Gasteiger charge is -2.22. The number of rotatable bonds is 5. The lowest BCUT2D eigenvalue weighted by atomic mass is 10.1. The average molecular weight is 404 g/mol. The zero-order chi connectivity index (χ0) is 20.7. The van der Waals surface area contributed by atoms with Crippen LogP contribution in [0.2, 0.25) is 0 Å². The molecule has 1 aliphatic heterocycles. The van der Waals surface area contributed by atoms with Gasteiger partial charge in [0.25, 0.3) is 11.8 Å². The minimum atomic E-state index is -0.190. The van der Waals surface area contributed by atoms with Crippen molar-refractivity contribution in [3.8, 4) is 5.88 Å². The van der Waals surface area contributed by atoms with Crippen LogP contribution in [0.15, 0.2) is 36.5 Å². The zero-order valence-electron chi connectivity index (χ0n) is 16.9. The third-order valence-corrected chi connectivity index (χ3v) is 6.18. The summed E-state index contributed by atoms with van der Waals surface area (Å²) in [7, 11) is 1.56. The molecule has 30 heavy (non-hydrogen) atoms. The number of amides is 2. The fourth-order valence-corrected chi connectivity index (χ4v) is 4.63. The highest BCUT2D eigenvalue weighted by Crippen LogP contribution is 2.33. The SMILES string of the molecule is COc1nc2c(cc1CNC(=O)c1cccc3cc[nH]c13)C(=O)N(C1CCCC1)C2. The molecule has 0 bridgehead atoms. The number of fused-ring (bicyclic) bond motifs is 2. The average Bonchev–Trinajstić information content (AvgIpc) is 3.51. The van der Waals surface area contributed by atoms with Crippen LogP contribution in [-0.4, -0.2) is 39.8 Å². The van der Waals surface area contributed by atoms with Crippen molar-refractivity contribution in [3.63, 3.8) is 0 Å². The Kier molecular flexibility index (Phi) is 4.65. The number of carbonyl (C=O) groups excluding carboxylic acids is 2. The van der Waals surface area contributed by atoms with E-state index in [9.17, 15) is 9.59 Å². The first-order chi connectivity index (χ1) is 14.7. The van der Waals surface area contributed by atoms with Crippen LogP contribution in [0, 0.1) is 0 Å². The van der Waals surface area contributed by atoms with E-state index in [0.29, 0.717) is 35.2 Å². The minimum Gasteiger partial charge on any atom is -0.481 e. The third-order valence-electron chi connectivity index (χ3n) is 6.18.